The zero-order valence-electron chi connectivity index (χ0n) is 12.5. The summed E-state index contributed by atoms with van der Waals surface area (Å²) in [5.41, 5.74) is 1.04. The number of hydrogen-bond acceptors (Lipinski definition) is 4. The molecule has 1 aliphatic rings. The lowest BCUT2D eigenvalue weighted by Crippen LogP contribution is -2.14. The number of hydrogen-bond donors (Lipinski definition) is 2. The maximum atomic E-state index is 13.8. The molecule has 2 N–H and O–H groups in total. The molecule has 2 rings (SSSR count). The van der Waals surface area contributed by atoms with Crippen molar-refractivity contribution in [3.63, 3.8) is 0 Å². The lowest BCUT2D eigenvalue weighted by atomic mass is 10.1. The van der Waals surface area contributed by atoms with Crippen LogP contribution in [0.2, 0.25) is 0 Å². The van der Waals surface area contributed by atoms with Crippen LogP contribution in [0.25, 0.3) is 0 Å². The molecule has 0 spiro atoms. The van der Waals surface area contributed by atoms with E-state index >= 15 is 0 Å². The third-order valence-corrected chi connectivity index (χ3v) is 4.51. The molecule has 3 nitrogen and oxygen atoms in total. The Kier molecular flexibility index (Phi) is 6.80. The standard InChI is InChI=1S/C16H24FNO2S/c1-2-15(18-21-9-3-8-19)13-6-7-14(17)16(10-13)20-11-12-4-5-12/h6-7,10,12,15,18-19H,2-5,8-9,11H2,1H3. The number of aliphatic hydroxyl groups is 1. The number of halogens is 1. The largest absolute Gasteiger partial charge is 0.490 e. The molecule has 0 radical (unpaired) electrons. The number of ether oxygens (including phenoxy) is 1. The van der Waals surface area contributed by atoms with Crippen LogP contribution in [0.15, 0.2) is 18.2 Å². The van der Waals surface area contributed by atoms with Crippen LogP contribution < -0.4 is 9.46 Å². The van der Waals surface area contributed by atoms with Gasteiger partial charge in [-0.25, -0.2) is 4.39 Å². The van der Waals surface area contributed by atoms with E-state index in [2.05, 4.69) is 11.6 Å². The van der Waals surface area contributed by atoms with Crippen molar-refractivity contribution in [1.29, 1.82) is 0 Å². The molecule has 1 aromatic carbocycles. The van der Waals surface area contributed by atoms with E-state index in [1.165, 1.54) is 18.9 Å². The normalized spacial score (nSPS) is 16.0. The Hall–Kier alpha value is -0.780. The van der Waals surface area contributed by atoms with E-state index in [9.17, 15) is 4.39 Å². The molecule has 0 saturated heterocycles. The molecule has 5 heteroatoms. The van der Waals surface area contributed by atoms with Gasteiger partial charge in [-0.1, -0.05) is 24.9 Å². The molecule has 0 aliphatic heterocycles. The smallest absolute Gasteiger partial charge is 0.165 e. The Labute approximate surface area is 130 Å². The molecule has 0 heterocycles. The van der Waals surface area contributed by atoms with E-state index in [4.69, 9.17) is 9.84 Å². The highest BCUT2D eigenvalue weighted by molar-refractivity contribution is 7.97. The highest BCUT2D eigenvalue weighted by Crippen LogP contribution is 2.31. The fourth-order valence-electron chi connectivity index (χ4n) is 2.02. The Balaban J connectivity index is 1.93. The van der Waals surface area contributed by atoms with Crippen molar-refractivity contribution < 1.29 is 14.2 Å². The molecule has 21 heavy (non-hydrogen) atoms. The van der Waals surface area contributed by atoms with Gasteiger partial charge in [-0.2, -0.15) is 0 Å². The summed E-state index contributed by atoms with van der Waals surface area (Å²) in [5.74, 6) is 1.54. The van der Waals surface area contributed by atoms with Crippen molar-refractivity contribution in [2.24, 2.45) is 5.92 Å². The minimum Gasteiger partial charge on any atom is -0.490 e. The summed E-state index contributed by atoms with van der Waals surface area (Å²) >= 11 is 1.60. The second-order valence-corrected chi connectivity index (χ2v) is 6.38. The predicted octanol–water partition coefficient (Wildman–Crippen LogP) is 3.69. The number of nitrogens with one attached hydrogen (secondary N) is 1. The van der Waals surface area contributed by atoms with Crippen LogP contribution in [0.1, 0.15) is 44.2 Å². The van der Waals surface area contributed by atoms with E-state index < -0.39 is 0 Å². The van der Waals surface area contributed by atoms with Crippen LogP contribution >= 0.6 is 11.9 Å². The summed E-state index contributed by atoms with van der Waals surface area (Å²) in [6.07, 6.45) is 4.08. The van der Waals surface area contributed by atoms with Crippen LogP contribution in [-0.2, 0) is 0 Å². The number of rotatable bonds is 10. The molecule has 0 amide bonds. The van der Waals surface area contributed by atoms with Crippen LogP contribution in [0.5, 0.6) is 5.75 Å². The van der Waals surface area contributed by atoms with Gasteiger partial charge in [0.25, 0.3) is 0 Å². The Morgan fingerprint density at radius 2 is 2.29 bits per heavy atom. The summed E-state index contributed by atoms with van der Waals surface area (Å²) in [7, 11) is 0. The van der Waals surface area contributed by atoms with Gasteiger partial charge >= 0.3 is 0 Å². The Morgan fingerprint density at radius 3 is 2.95 bits per heavy atom. The highest BCUT2D eigenvalue weighted by atomic mass is 32.2. The van der Waals surface area contributed by atoms with E-state index in [-0.39, 0.29) is 18.5 Å². The number of benzene rings is 1. The van der Waals surface area contributed by atoms with Gasteiger partial charge in [0.05, 0.1) is 6.61 Å². The Morgan fingerprint density at radius 1 is 1.48 bits per heavy atom. The first kappa shape index (κ1) is 16.6. The van der Waals surface area contributed by atoms with E-state index in [1.54, 1.807) is 11.9 Å². The topological polar surface area (TPSA) is 41.5 Å². The van der Waals surface area contributed by atoms with E-state index in [0.717, 1.165) is 24.2 Å². The first-order valence-corrected chi connectivity index (χ1v) is 8.63. The average molecular weight is 313 g/mol. The maximum absolute atomic E-state index is 13.8. The molecule has 0 bridgehead atoms. The molecular weight excluding hydrogens is 289 g/mol. The van der Waals surface area contributed by atoms with Crippen molar-refractivity contribution in [2.75, 3.05) is 19.0 Å². The van der Waals surface area contributed by atoms with Gasteiger partial charge in [-0.3, -0.25) is 4.72 Å². The highest BCUT2D eigenvalue weighted by Gasteiger charge is 2.22. The summed E-state index contributed by atoms with van der Waals surface area (Å²) in [4.78, 5) is 0. The lowest BCUT2D eigenvalue weighted by molar-refractivity contribution is 0.285. The van der Waals surface area contributed by atoms with Crippen molar-refractivity contribution in [3.05, 3.63) is 29.6 Å². The van der Waals surface area contributed by atoms with Crippen molar-refractivity contribution in [2.45, 2.75) is 38.6 Å². The first-order valence-electron chi connectivity index (χ1n) is 7.65. The predicted molar refractivity (Wildman–Crippen MR) is 84.9 cm³/mol. The molecule has 0 aromatic heterocycles. The quantitative estimate of drug-likeness (QED) is 0.511. The average Bonchev–Trinajstić information content (AvgIpc) is 3.31. The summed E-state index contributed by atoms with van der Waals surface area (Å²) in [6.45, 7) is 2.93. The molecule has 1 aromatic rings. The lowest BCUT2D eigenvalue weighted by Gasteiger charge is -2.18. The van der Waals surface area contributed by atoms with Gasteiger partial charge in [0.2, 0.25) is 0 Å². The van der Waals surface area contributed by atoms with Gasteiger partial charge in [0, 0.05) is 18.4 Å². The van der Waals surface area contributed by atoms with Crippen LogP contribution in [0, 0.1) is 11.7 Å². The van der Waals surface area contributed by atoms with Gasteiger partial charge in [0.1, 0.15) is 0 Å². The maximum Gasteiger partial charge on any atom is 0.165 e. The number of aliphatic hydroxyl groups excluding tert-OH is 1. The fraction of sp³-hybridized carbons (Fsp3) is 0.625. The first-order chi connectivity index (χ1) is 10.2. The monoisotopic (exact) mass is 313 g/mol. The summed E-state index contributed by atoms with van der Waals surface area (Å²) in [5, 5.41) is 8.78. The molecule has 1 atom stereocenters. The summed E-state index contributed by atoms with van der Waals surface area (Å²) < 4.78 is 22.8. The second kappa shape index (κ2) is 8.61. The van der Waals surface area contributed by atoms with Crippen LogP contribution in [-0.4, -0.2) is 24.1 Å². The van der Waals surface area contributed by atoms with E-state index in [0.29, 0.717) is 18.3 Å². The minimum atomic E-state index is -0.290. The Bertz CT molecular complexity index is 440. The molecule has 1 unspecified atom stereocenters. The fourth-order valence-corrected chi connectivity index (χ4v) is 2.92. The zero-order chi connectivity index (χ0) is 15.1. The zero-order valence-corrected chi connectivity index (χ0v) is 13.3. The van der Waals surface area contributed by atoms with Gasteiger partial charge in [-0.15, -0.1) is 0 Å². The third-order valence-electron chi connectivity index (χ3n) is 3.57. The third kappa shape index (κ3) is 5.49. The van der Waals surface area contributed by atoms with Crippen molar-refractivity contribution in [1.82, 2.24) is 4.72 Å². The van der Waals surface area contributed by atoms with Crippen molar-refractivity contribution in [3.8, 4) is 5.75 Å². The van der Waals surface area contributed by atoms with Gasteiger partial charge in [0.15, 0.2) is 11.6 Å². The van der Waals surface area contributed by atoms with Crippen LogP contribution in [0.3, 0.4) is 0 Å². The van der Waals surface area contributed by atoms with Gasteiger partial charge < -0.3 is 9.84 Å². The molecule has 118 valence electrons. The molecule has 1 saturated carbocycles. The van der Waals surface area contributed by atoms with E-state index in [1.807, 2.05) is 12.1 Å². The SMILES string of the molecule is CCC(NSCCCO)c1ccc(F)c(OCC2CC2)c1. The molecule has 1 aliphatic carbocycles. The minimum absolute atomic E-state index is 0.164. The summed E-state index contributed by atoms with van der Waals surface area (Å²) in [6, 6.07) is 5.27. The molecular formula is C16H24FNO2S. The van der Waals surface area contributed by atoms with Crippen molar-refractivity contribution >= 4 is 11.9 Å². The van der Waals surface area contributed by atoms with Crippen LogP contribution in [0.4, 0.5) is 4.39 Å². The van der Waals surface area contributed by atoms with Gasteiger partial charge in [-0.05, 0) is 49.3 Å². The second-order valence-electron chi connectivity index (χ2n) is 5.45. The molecule has 1 fully saturated rings.